The van der Waals surface area contributed by atoms with E-state index in [9.17, 15) is 13.2 Å². The summed E-state index contributed by atoms with van der Waals surface area (Å²) in [6.45, 7) is 3.03. The summed E-state index contributed by atoms with van der Waals surface area (Å²) in [4.78, 5) is 10.7. The molecule has 1 aromatic carbocycles. The van der Waals surface area contributed by atoms with Gasteiger partial charge in [0, 0.05) is 19.5 Å². The number of hydrogen-bond donors (Lipinski definition) is 1. The summed E-state index contributed by atoms with van der Waals surface area (Å²) < 4.78 is 26.5. The molecule has 1 N–H and O–H groups in total. The molecule has 0 atom stereocenters. The molecule has 1 spiro atoms. The second-order valence-electron chi connectivity index (χ2n) is 6.82. The summed E-state index contributed by atoms with van der Waals surface area (Å²) in [5.74, 6) is -0.490. The third-order valence-electron chi connectivity index (χ3n) is 4.92. The minimum atomic E-state index is -3.27. The Kier molecular flexibility index (Phi) is 3.77. The number of nitrogens with zero attached hydrogens (tertiary/aromatic N) is 1. The van der Waals surface area contributed by atoms with Crippen molar-refractivity contribution in [3.05, 3.63) is 35.4 Å². The van der Waals surface area contributed by atoms with Gasteiger partial charge in [-0.15, -0.1) is 0 Å². The van der Waals surface area contributed by atoms with Gasteiger partial charge in [-0.1, -0.05) is 24.3 Å². The summed E-state index contributed by atoms with van der Waals surface area (Å²) in [5.41, 5.74) is 1.89. The topological polar surface area (TPSA) is 74.7 Å². The lowest BCUT2D eigenvalue weighted by atomic mass is 9.58. The van der Waals surface area contributed by atoms with Gasteiger partial charge in [-0.05, 0) is 42.2 Å². The zero-order valence-electron chi connectivity index (χ0n) is 12.7. The average molecular weight is 323 g/mol. The van der Waals surface area contributed by atoms with Crippen molar-refractivity contribution >= 4 is 16.0 Å². The number of benzene rings is 1. The zero-order chi connectivity index (χ0) is 16.0. The quantitative estimate of drug-likeness (QED) is 0.899. The van der Waals surface area contributed by atoms with Gasteiger partial charge < -0.3 is 5.11 Å². The molecule has 5 nitrogen and oxygen atoms in total. The van der Waals surface area contributed by atoms with Crippen LogP contribution < -0.4 is 0 Å². The molecule has 0 amide bonds. The zero-order valence-corrected chi connectivity index (χ0v) is 13.5. The molecule has 0 bridgehead atoms. The third kappa shape index (κ3) is 2.90. The molecule has 1 aliphatic heterocycles. The van der Waals surface area contributed by atoms with Crippen molar-refractivity contribution < 1.29 is 18.3 Å². The Morgan fingerprint density at radius 1 is 1.32 bits per heavy atom. The van der Waals surface area contributed by atoms with Crippen LogP contribution in [0.1, 0.15) is 30.4 Å². The van der Waals surface area contributed by atoms with Gasteiger partial charge in [0.05, 0.1) is 5.75 Å². The smallest absolute Gasteiger partial charge is 0.303 e. The highest BCUT2D eigenvalue weighted by Crippen LogP contribution is 2.53. The molecule has 1 aliphatic carbocycles. The van der Waals surface area contributed by atoms with Gasteiger partial charge >= 0.3 is 5.97 Å². The molecule has 0 radical (unpaired) electrons. The Morgan fingerprint density at radius 2 is 1.95 bits per heavy atom. The fourth-order valence-electron chi connectivity index (χ4n) is 3.77. The van der Waals surface area contributed by atoms with Crippen LogP contribution in [0, 0.1) is 18.3 Å². The fraction of sp³-hybridized carbons (Fsp3) is 0.562. The Morgan fingerprint density at radius 3 is 2.55 bits per heavy atom. The van der Waals surface area contributed by atoms with Gasteiger partial charge in [0.2, 0.25) is 10.0 Å². The Hall–Kier alpha value is -1.40. The van der Waals surface area contributed by atoms with Crippen molar-refractivity contribution in [2.45, 2.75) is 31.9 Å². The van der Waals surface area contributed by atoms with E-state index in [2.05, 4.69) is 0 Å². The second kappa shape index (κ2) is 5.35. The average Bonchev–Trinajstić information content (AvgIpc) is 2.32. The lowest BCUT2D eigenvalue weighted by Gasteiger charge is -2.58. The molecule has 1 saturated heterocycles. The monoisotopic (exact) mass is 323 g/mol. The summed E-state index contributed by atoms with van der Waals surface area (Å²) >= 11 is 0. The van der Waals surface area contributed by atoms with Gasteiger partial charge in [-0.25, -0.2) is 12.7 Å². The molecule has 6 heteroatoms. The van der Waals surface area contributed by atoms with Crippen LogP contribution in [0.5, 0.6) is 0 Å². The summed E-state index contributed by atoms with van der Waals surface area (Å²) in [7, 11) is -3.27. The number of carboxylic acid groups (broad SMARTS) is 1. The van der Waals surface area contributed by atoms with Crippen LogP contribution >= 0.6 is 0 Å². The molecule has 3 rings (SSSR count). The van der Waals surface area contributed by atoms with Gasteiger partial charge in [-0.2, -0.15) is 0 Å². The number of carbonyl (C=O) groups is 1. The molecule has 1 saturated carbocycles. The van der Waals surface area contributed by atoms with Crippen molar-refractivity contribution in [1.29, 1.82) is 0 Å². The van der Waals surface area contributed by atoms with Crippen LogP contribution in [0.15, 0.2) is 24.3 Å². The highest BCUT2D eigenvalue weighted by Gasteiger charge is 2.55. The first-order chi connectivity index (χ1) is 10.3. The maximum atomic E-state index is 12.5. The first kappa shape index (κ1) is 15.5. The normalized spacial score (nSPS) is 21.3. The van der Waals surface area contributed by atoms with E-state index in [1.165, 1.54) is 0 Å². The predicted octanol–water partition coefficient (Wildman–Crippen LogP) is 2.01. The summed E-state index contributed by atoms with van der Waals surface area (Å²) in [5, 5.41) is 8.77. The Balaban J connectivity index is 1.56. The maximum absolute atomic E-state index is 12.5. The standard InChI is InChI=1S/C16H21NO4S/c1-12-4-2-3-5-14(12)9-22(20,21)17-10-16(11-17)7-13(8-16)6-15(18)19/h2-5,13H,6-11H2,1H3,(H,18,19). The summed E-state index contributed by atoms with van der Waals surface area (Å²) in [6, 6.07) is 7.54. The number of rotatable bonds is 5. The number of hydrogen-bond acceptors (Lipinski definition) is 3. The van der Waals surface area contributed by atoms with Crippen LogP contribution in [-0.4, -0.2) is 36.9 Å². The highest BCUT2D eigenvalue weighted by atomic mass is 32.2. The lowest BCUT2D eigenvalue weighted by molar-refractivity contribution is -0.142. The van der Waals surface area contributed by atoms with Crippen LogP contribution in [0.2, 0.25) is 0 Å². The number of aliphatic carboxylic acids is 1. The van der Waals surface area contributed by atoms with Crippen molar-refractivity contribution in [2.75, 3.05) is 13.1 Å². The van der Waals surface area contributed by atoms with Crippen molar-refractivity contribution in [3.8, 4) is 0 Å². The molecule has 2 aliphatic rings. The summed E-state index contributed by atoms with van der Waals surface area (Å²) in [6.07, 6.45) is 1.89. The molecular formula is C16H21NO4S. The molecule has 1 aromatic rings. The molecule has 120 valence electrons. The third-order valence-corrected chi connectivity index (χ3v) is 6.64. The first-order valence-electron chi connectivity index (χ1n) is 7.54. The van der Waals surface area contributed by atoms with Crippen molar-refractivity contribution in [3.63, 3.8) is 0 Å². The Bertz CT molecular complexity index is 684. The predicted molar refractivity (Wildman–Crippen MR) is 82.8 cm³/mol. The second-order valence-corrected chi connectivity index (χ2v) is 8.79. The van der Waals surface area contributed by atoms with E-state index in [1.807, 2.05) is 31.2 Å². The van der Waals surface area contributed by atoms with E-state index in [0.29, 0.717) is 13.1 Å². The molecule has 0 unspecified atom stereocenters. The first-order valence-corrected chi connectivity index (χ1v) is 9.15. The minimum absolute atomic E-state index is 0.0499. The van der Waals surface area contributed by atoms with E-state index in [1.54, 1.807) is 4.31 Å². The number of aryl methyl sites for hydroxylation is 1. The SMILES string of the molecule is Cc1ccccc1CS(=O)(=O)N1CC2(CC(CC(=O)O)C2)C1. The maximum Gasteiger partial charge on any atom is 0.303 e. The van der Waals surface area contributed by atoms with E-state index < -0.39 is 16.0 Å². The van der Waals surface area contributed by atoms with Crippen LogP contribution in [-0.2, 0) is 20.6 Å². The van der Waals surface area contributed by atoms with E-state index in [4.69, 9.17) is 5.11 Å². The minimum Gasteiger partial charge on any atom is -0.481 e. The number of sulfonamides is 1. The highest BCUT2D eigenvalue weighted by molar-refractivity contribution is 7.88. The molecule has 2 fully saturated rings. The van der Waals surface area contributed by atoms with Crippen LogP contribution in [0.25, 0.3) is 0 Å². The van der Waals surface area contributed by atoms with Gasteiger partial charge in [0.1, 0.15) is 0 Å². The number of carboxylic acids is 1. The van der Waals surface area contributed by atoms with Gasteiger partial charge in [0.25, 0.3) is 0 Å². The lowest BCUT2D eigenvalue weighted by Crippen LogP contribution is -2.63. The Labute approximate surface area is 131 Å². The molecule has 0 aromatic heterocycles. The van der Waals surface area contributed by atoms with Crippen molar-refractivity contribution in [1.82, 2.24) is 4.31 Å². The van der Waals surface area contributed by atoms with Crippen LogP contribution in [0.4, 0.5) is 0 Å². The molecule has 1 heterocycles. The van der Waals surface area contributed by atoms with E-state index in [-0.39, 0.29) is 23.5 Å². The van der Waals surface area contributed by atoms with Crippen LogP contribution in [0.3, 0.4) is 0 Å². The van der Waals surface area contributed by atoms with E-state index >= 15 is 0 Å². The van der Waals surface area contributed by atoms with Gasteiger partial charge in [0.15, 0.2) is 0 Å². The van der Waals surface area contributed by atoms with E-state index in [0.717, 1.165) is 24.0 Å². The largest absolute Gasteiger partial charge is 0.481 e. The molecule has 22 heavy (non-hydrogen) atoms. The van der Waals surface area contributed by atoms with Crippen molar-refractivity contribution in [2.24, 2.45) is 11.3 Å². The molecular weight excluding hydrogens is 302 g/mol. The van der Waals surface area contributed by atoms with Gasteiger partial charge in [-0.3, -0.25) is 4.79 Å². The fourth-order valence-corrected chi connectivity index (χ4v) is 5.61.